The van der Waals surface area contributed by atoms with Gasteiger partial charge in [-0.15, -0.1) is 0 Å². The first-order valence-electron chi connectivity index (χ1n) is 8.97. The number of hydrogen-bond donors (Lipinski definition) is 0. The number of allylic oxidation sites excluding steroid dienone is 1. The highest BCUT2D eigenvalue weighted by Gasteiger charge is 2.30. The van der Waals surface area contributed by atoms with Crippen molar-refractivity contribution in [2.75, 3.05) is 0 Å². The zero-order valence-electron chi connectivity index (χ0n) is 15.8. The second-order valence-corrected chi connectivity index (χ2v) is 8.98. The smallest absolute Gasteiger partial charge is 0.264 e. The fourth-order valence-electron chi connectivity index (χ4n) is 2.84. The van der Waals surface area contributed by atoms with Gasteiger partial charge in [-0.2, -0.15) is 0 Å². The first-order valence-corrected chi connectivity index (χ1v) is 11.7. The number of Topliss-reactive ketones (excluding diaryl/α,β-unsaturated/α-hetero) is 1. The molecule has 29 heavy (non-hydrogen) atoms. The van der Waals surface area contributed by atoms with E-state index in [4.69, 9.17) is 0 Å². The Balaban J connectivity index is 2.09. The number of hydrogen-bond acceptors (Lipinski definition) is 3. The van der Waals surface area contributed by atoms with Crippen molar-refractivity contribution < 1.29 is 13.2 Å². The van der Waals surface area contributed by atoms with E-state index in [1.165, 1.54) is 8.39 Å². The number of sulfonamides is 1. The van der Waals surface area contributed by atoms with Gasteiger partial charge in [-0.1, -0.05) is 101 Å². The summed E-state index contributed by atoms with van der Waals surface area (Å²) in [4.78, 5) is 13.3. The van der Waals surface area contributed by atoms with E-state index in [2.05, 4.69) is 0 Å². The molecule has 0 fully saturated rings. The van der Waals surface area contributed by atoms with Gasteiger partial charge in [-0.25, -0.2) is 8.42 Å². The molecular weight excluding hydrogens is 497 g/mol. The summed E-state index contributed by atoms with van der Waals surface area (Å²) in [5, 5.41) is 0. The number of benzene rings is 3. The predicted molar refractivity (Wildman–Crippen MR) is 123 cm³/mol. The normalized spacial score (nSPS) is 11.9. The summed E-state index contributed by atoms with van der Waals surface area (Å²) in [5.41, 5.74) is 2.30. The lowest BCUT2D eigenvalue weighted by Crippen LogP contribution is -2.33. The number of ketones is 1. The van der Waals surface area contributed by atoms with Crippen LogP contribution in [0.25, 0.3) is 0 Å². The summed E-state index contributed by atoms with van der Waals surface area (Å²) < 4.78 is 29.7. The van der Waals surface area contributed by atoms with E-state index >= 15 is 0 Å². The molecule has 0 radical (unpaired) electrons. The van der Waals surface area contributed by atoms with E-state index in [9.17, 15) is 13.2 Å². The third kappa shape index (κ3) is 4.94. The van der Waals surface area contributed by atoms with Crippen molar-refractivity contribution in [1.82, 2.24) is 4.31 Å². The molecule has 0 N–H and O–H groups in total. The number of rotatable bonds is 7. The summed E-state index contributed by atoms with van der Waals surface area (Å²) in [6.45, 7) is 1.96. The van der Waals surface area contributed by atoms with Crippen molar-refractivity contribution in [2.45, 2.75) is 18.4 Å². The van der Waals surface area contributed by atoms with Crippen LogP contribution in [0.3, 0.4) is 0 Å². The van der Waals surface area contributed by atoms with E-state index in [0.717, 1.165) is 11.1 Å². The zero-order chi connectivity index (χ0) is 20.9. The molecule has 0 aliphatic carbocycles. The summed E-state index contributed by atoms with van der Waals surface area (Å²) >= 11 is 1.93. The monoisotopic (exact) mass is 517 g/mol. The molecule has 3 aromatic rings. The van der Waals surface area contributed by atoms with Gasteiger partial charge in [-0.05, 0) is 24.6 Å². The third-order valence-corrected chi connectivity index (χ3v) is 6.78. The third-order valence-electron chi connectivity index (χ3n) is 4.42. The van der Waals surface area contributed by atoms with Crippen LogP contribution in [0.5, 0.6) is 0 Å². The van der Waals surface area contributed by atoms with Gasteiger partial charge in [0.25, 0.3) is 10.0 Å². The second-order valence-electron chi connectivity index (χ2n) is 6.50. The van der Waals surface area contributed by atoms with Gasteiger partial charge >= 0.3 is 0 Å². The molecule has 0 amide bonds. The topological polar surface area (TPSA) is 54.5 Å². The van der Waals surface area contributed by atoms with Gasteiger partial charge in [0.15, 0.2) is 0 Å². The molecule has 0 spiro atoms. The Hall–Kier alpha value is -2.45. The van der Waals surface area contributed by atoms with Crippen LogP contribution in [0.4, 0.5) is 0 Å². The van der Waals surface area contributed by atoms with Crippen LogP contribution >= 0.6 is 22.6 Å². The van der Waals surface area contributed by atoms with Crippen LogP contribution < -0.4 is 0 Å². The lowest BCUT2D eigenvalue weighted by Gasteiger charge is -2.26. The van der Waals surface area contributed by atoms with Crippen LogP contribution in [-0.4, -0.2) is 18.5 Å². The van der Waals surface area contributed by atoms with Crippen molar-refractivity contribution in [3.05, 3.63) is 111 Å². The van der Waals surface area contributed by atoms with Crippen molar-refractivity contribution >= 4 is 38.4 Å². The number of halogens is 1. The van der Waals surface area contributed by atoms with Crippen molar-refractivity contribution in [3.8, 4) is 0 Å². The molecule has 0 unspecified atom stereocenters. The minimum absolute atomic E-state index is 0.0600. The highest BCUT2D eigenvalue weighted by molar-refractivity contribution is 14.1. The van der Waals surface area contributed by atoms with Crippen LogP contribution in [0.15, 0.2) is 99.6 Å². The van der Waals surface area contributed by atoms with Gasteiger partial charge in [0.1, 0.15) is 5.70 Å². The van der Waals surface area contributed by atoms with Crippen LogP contribution in [0.2, 0.25) is 0 Å². The van der Waals surface area contributed by atoms with E-state index in [1.54, 1.807) is 48.5 Å². The van der Waals surface area contributed by atoms with Crippen LogP contribution in [-0.2, 0) is 16.6 Å². The Morgan fingerprint density at radius 2 is 1.45 bits per heavy atom. The summed E-state index contributed by atoms with van der Waals surface area (Å²) in [6, 6.07) is 24.6. The maximum atomic E-state index is 13.5. The fraction of sp³-hybridized carbons (Fsp3) is 0.0870. The Morgan fingerprint density at radius 1 is 0.897 bits per heavy atom. The Kier molecular flexibility index (Phi) is 6.87. The molecule has 0 bridgehead atoms. The number of carbonyl (C=O) groups excluding carboxylic acids is 1. The van der Waals surface area contributed by atoms with Gasteiger partial charge < -0.3 is 0 Å². The van der Waals surface area contributed by atoms with E-state index in [-0.39, 0.29) is 22.9 Å². The van der Waals surface area contributed by atoms with Gasteiger partial charge in [0.2, 0.25) is 5.78 Å². The van der Waals surface area contributed by atoms with E-state index in [1.807, 2.05) is 65.9 Å². The van der Waals surface area contributed by atoms with Crippen LogP contribution in [0, 0.1) is 6.92 Å². The Labute approximate surface area is 185 Å². The van der Waals surface area contributed by atoms with Crippen molar-refractivity contribution in [2.24, 2.45) is 0 Å². The molecule has 3 rings (SSSR count). The second kappa shape index (κ2) is 9.37. The first-order chi connectivity index (χ1) is 13.9. The van der Waals surface area contributed by atoms with Crippen molar-refractivity contribution in [1.29, 1.82) is 0 Å². The molecule has 4 nitrogen and oxygen atoms in total. The molecule has 0 atom stereocenters. The highest BCUT2D eigenvalue weighted by atomic mass is 127. The molecule has 148 valence electrons. The maximum absolute atomic E-state index is 13.5. The Morgan fingerprint density at radius 3 is 2.00 bits per heavy atom. The molecule has 0 saturated heterocycles. The average Bonchev–Trinajstić information content (AvgIpc) is 2.75. The molecular formula is C23H20INO3S. The lowest BCUT2D eigenvalue weighted by atomic mass is 10.1. The van der Waals surface area contributed by atoms with Crippen molar-refractivity contribution in [3.63, 3.8) is 0 Å². The van der Waals surface area contributed by atoms with Gasteiger partial charge in [0.05, 0.1) is 11.4 Å². The number of carbonyl (C=O) groups is 1. The standard InChI is InChI=1S/C23H20INO3S/c1-18-12-14-21(15-13-18)29(27,28)25(17-19-8-4-2-5-9-19)22(16-24)23(26)20-10-6-3-7-11-20/h2-16H,17H2,1H3/b22-16+. The van der Waals surface area contributed by atoms with Gasteiger partial charge in [0, 0.05) is 9.65 Å². The quantitative estimate of drug-likeness (QED) is 0.242. The zero-order valence-corrected chi connectivity index (χ0v) is 18.8. The van der Waals surface area contributed by atoms with Crippen LogP contribution in [0.1, 0.15) is 21.5 Å². The SMILES string of the molecule is Cc1ccc(S(=O)(=O)N(Cc2ccccc2)/C(=C/I)C(=O)c2ccccc2)cc1. The summed E-state index contributed by atoms with van der Waals surface area (Å²) in [5.74, 6) is -0.341. The molecule has 0 aliphatic rings. The van der Waals surface area contributed by atoms with Gasteiger partial charge in [-0.3, -0.25) is 9.10 Å². The first kappa shape index (κ1) is 21.3. The fourth-order valence-corrected chi connectivity index (χ4v) is 5.10. The average molecular weight is 517 g/mol. The maximum Gasteiger partial charge on any atom is 0.264 e. The number of aryl methyl sites for hydroxylation is 1. The minimum Gasteiger partial charge on any atom is -0.287 e. The molecule has 0 aromatic heterocycles. The molecule has 3 aromatic carbocycles. The molecule has 0 saturated carbocycles. The lowest BCUT2D eigenvalue weighted by molar-refractivity contribution is 0.101. The van der Waals surface area contributed by atoms with E-state index in [0.29, 0.717) is 5.56 Å². The summed E-state index contributed by atoms with van der Waals surface area (Å²) in [7, 11) is -3.94. The number of nitrogens with zero attached hydrogens (tertiary/aromatic N) is 1. The Bertz CT molecular complexity index is 1110. The minimum atomic E-state index is -3.94. The van der Waals surface area contributed by atoms with E-state index < -0.39 is 10.0 Å². The predicted octanol–water partition coefficient (Wildman–Crippen LogP) is 5.35. The largest absolute Gasteiger partial charge is 0.287 e. The summed E-state index contributed by atoms with van der Waals surface area (Å²) in [6.07, 6.45) is 0. The highest BCUT2D eigenvalue weighted by Crippen LogP contribution is 2.26. The molecule has 6 heteroatoms. The molecule has 0 heterocycles. The molecule has 0 aliphatic heterocycles.